The Kier molecular flexibility index (Phi) is 11.6. The topological polar surface area (TPSA) is 111 Å². The first-order chi connectivity index (χ1) is 16.5. The summed E-state index contributed by atoms with van der Waals surface area (Å²) in [6, 6.07) is 4.90. The fourth-order valence-electron chi connectivity index (χ4n) is 3.32. The molecule has 4 N–H and O–H groups in total. The van der Waals surface area contributed by atoms with Crippen molar-refractivity contribution in [1.29, 1.82) is 0 Å². The maximum atomic E-state index is 13.0. The number of carbonyl (C=O) groups is 1. The average molecular weight is 468 g/mol. The fraction of sp³-hybridized carbons (Fsp3) is 0.423. The van der Waals surface area contributed by atoms with Gasteiger partial charge < -0.3 is 25.8 Å². The summed E-state index contributed by atoms with van der Waals surface area (Å²) in [5, 5.41) is 6.34. The van der Waals surface area contributed by atoms with Crippen molar-refractivity contribution < 1.29 is 14.3 Å². The van der Waals surface area contributed by atoms with Crippen molar-refractivity contribution in [2.75, 3.05) is 19.5 Å². The van der Waals surface area contributed by atoms with Crippen molar-refractivity contribution >= 4 is 11.6 Å². The van der Waals surface area contributed by atoms with Gasteiger partial charge in [-0.1, -0.05) is 38.2 Å². The zero-order valence-electron chi connectivity index (χ0n) is 20.6. The van der Waals surface area contributed by atoms with E-state index >= 15 is 0 Å². The van der Waals surface area contributed by atoms with Gasteiger partial charge >= 0.3 is 0 Å². The van der Waals surface area contributed by atoms with E-state index in [1.165, 1.54) is 0 Å². The molecule has 0 aliphatic rings. The monoisotopic (exact) mass is 467 g/mol. The summed E-state index contributed by atoms with van der Waals surface area (Å²) in [6.45, 7) is 4.62. The number of hydrogen-bond acceptors (Lipinski definition) is 7. The molecule has 2 aromatic rings. The number of allylic oxidation sites excluding steroid dienone is 2. The van der Waals surface area contributed by atoms with E-state index < -0.39 is 0 Å². The minimum absolute atomic E-state index is 0.198. The van der Waals surface area contributed by atoms with Gasteiger partial charge in [-0.2, -0.15) is 0 Å². The van der Waals surface area contributed by atoms with Gasteiger partial charge in [0.2, 0.25) is 5.88 Å². The Morgan fingerprint density at radius 2 is 1.79 bits per heavy atom. The molecule has 0 spiro atoms. The van der Waals surface area contributed by atoms with E-state index in [-0.39, 0.29) is 23.7 Å². The molecule has 0 saturated carbocycles. The van der Waals surface area contributed by atoms with Gasteiger partial charge in [0, 0.05) is 54.4 Å². The molecule has 0 saturated heterocycles. The van der Waals surface area contributed by atoms with Crippen molar-refractivity contribution in [2.45, 2.75) is 58.2 Å². The normalized spacial score (nSPS) is 13.1. The van der Waals surface area contributed by atoms with Gasteiger partial charge in [0.25, 0.3) is 5.91 Å². The number of nitrogens with two attached hydrogens (primary N) is 1. The number of anilines is 1. The summed E-state index contributed by atoms with van der Waals surface area (Å²) in [4.78, 5) is 21.5. The van der Waals surface area contributed by atoms with Crippen LogP contribution in [0.25, 0.3) is 0 Å². The van der Waals surface area contributed by atoms with Crippen molar-refractivity contribution in [2.24, 2.45) is 5.73 Å². The molecule has 2 aromatic heterocycles. The van der Waals surface area contributed by atoms with Crippen LogP contribution in [-0.4, -0.2) is 42.2 Å². The summed E-state index contributed by atoms with van der Waals surface area (Å²) < 4.78 is 10.7. The van der Waals surface area contributed by atoms with Crippen LogP contribution in [0.15, 0.2) is 54.9 Å². The molecule has 2 atom stereocenters. The van der Waals surface area contributed by atoms with E-state index in [1.807, 2.05) is 6.07 Å². The highest BCUT2D eigenvalue weighted by molar-refractivity contribution is 5.93. The van der Waals surface area contributed by atoms with Crippen molar-refractivity contribution in [3.05, 3.63) is 66.2 Å². The molecule has 2 heterocycles. The lowest BCUT2D eigenvalue weighted by Gasteiger charge is -2.23. The Morgan fingerprint density at radius 3 is 2.47 bits per heavy atom. The van der Waals surface area contributed by atoms with E-state index in [9.17, 15) is 4.79 Å². The summed E-state index contributed by atoms with van der Waals surface area (Å²) in [5.41, 5.74) is 8.35. The van der Waals surface area contributed by atoms with Crippen molar-refractivity contribution in [3.8, 4) is 11.6 Å². The van der Waals surface area contributed by atoms with Crippen LogP contribution >= 0.6 is 0 Å². The first kappa shape index (κ1) is 26.9. The first-order valence-electron chi connectivity index (χ1n) is 11.7. The molecule has 0 radical (unpaired) electrons. The molecule has 0 bridgehead atoms. The summed E-state index contributed by atoms with van der Waals surface area (Å²) in [5.74, 6) is 0.821. The number of amides is 1. The second-order valence-corrected chi connectivity index (χ2v) is 7.80. The fourth-order valence-corrected chi connectivity index (χ4v) is 3.32. The third kappa shape index (κ3) is 8.51. The van der Waals surface area contributed by atoms with E-state index in [0.29, 0.717) is 31.0 Å². The third-order valence-electron chi connectivity index (χ3n) is 5.26. The number of aromatic nitrogens is 2. The lowest BCUT2D eigenvalue weighted by molar-refractivity contribution is 0.0925. The Bertz CT molecular complexity index is 961. The molecule has 34 heavy (non-hydrogen) atoms. The number of carbonyl (C=O) groups excluding carboxylic acids is 1. The summed E-state index contributed by atoms with van der Waals surface area (Å²) in [7, 11) is 3.15. The largest absolute Gasteiger partial charge is 0.496 e. The van der Waals surface area contributed by atoms with Gasteiger partial charge in [-0.25, -0.2) is 4.98 Å². The Morgan fingerprint density at radius 1 is 1.06 bits per heavy atom. The second kappa shape index (κ2) is 14.7. The van der Waals surface area contributed by atoms with Gasteiger partial charge in [-0.15, -0.1) is 0 Å². The predicted molar refractivity (Wildman–Crippen MR) is 136 cm³/mol. The van der Waals surface area contributed by atoms with Gasteiger partial charge in [-0.05, 0) is 31.7 Å². The highest BCUT2D eigenvalue weighted by Gasteiger charge is 2.20. The number of nitrogens with one attached hydrogen (secondary N) is 2. The molecule has 2 rings (SSSR count). The van der Waals surface area contributed by atoms with E-state index in [2.05, 4.69) is 58.8 Å². The van der Waals surface area contributed by atoms with Crippen LogP contribution in [-0.2, 0) is 6.54 Å². The number of hydrogen-bond donors (Lipinski definition) is 3. The van der Waals surface area contributed by atoms with Crippen LogP contribution in [0.3, 0.4) is 0 Å². The second-order valence-electron chi connectivity index (χ2n) is 7.80. The highest BCUT2D eigenvalue weighted by Crippen LogP contribution is 2.21. The molecular weight excluding hydrogens is 430 g/mol. The Balaban J connectivity index is 2.10. The molecule has 0 aliphatic carbocycles. The zero-order chi connectivity index (χ0) is 24.8. The van der Waals surface area contributed by atoms with Gasteiger partial charge in [0.1, 0.15) is 11.4 Å². The number of pyridine rings is 2. The Labute approximate surface area is 202 Å². The minimum Gasteiger partial charge on any atom is -0.496 e. The number of rotatable bonds is 14. The SMILES string of the molecule is CC/C=C\CC(NC(=O)c1cc(OC)c(CNc2ccnc(OC)c2)cn1)[C@@H](N)C/C=C\CC. The molecule has 1 amide bonds. The van der Waals surface area contributed by atoms with Gasteiger partial charge in [0.05, 0.1) is 14.2 Å². The molecule has 1 unspecified atom stereocenters. The van der Waals surface area contributed by atoms with E-state index in [4.69, 9.17) is 15.2 Å². The van der Waals surface area contributed by atoms with Crippen LogP contribution in [0.2, 0.25) is 0 Å². The van der Waals surface area contributed by atoms with Crippen LogP contribution in [0.5, 0.6) is 11.6 Å². The quantitative estimate of drug-likeness (QED) is 0.356. The van der Waals surface area contributed by atoms with Gasteiger partial charge in [-0.3, -0.25) is 9.78 Å². The molecular formula is C26H37N5O3. The molecule has 0 aliphatic heterocycles. The van der Waals surface area contributed by atoms with Gasteiger partial charge in [0.15, 0.2) is 0 Å². The average Bonchev–Trinajstić information content (AvgIpc) is 2.86. The lowest BCUT2D eigenvalue weighted by Crippen LogP contribution is -2.47. The number of methoxy groups -OCH3 is 2. The van der Waals surface area contributed by atoms with Crippen molar-refractivity contribution in [1.82, 2.24) is 15.3 Å². The van der Waals surface area contributed by atoms with E-state index in [1.54, 1.807) is 38.7 Å². The molecule has 8 heteroatoms. The lowest BCUT2D eigenvalue weighted by atomic mass is 10.0. The maximum absolute atomic E-state index is 13.0. The van der Waals surface area contributed by atoms with Crippen LogP contribution in [0.1, 0.15) is 55.6 Å². The van der Waals surface area contributed by atoms with E-state index in [0.717, 1.165) is 24.1 Å². The molecule has 8 nitrogen and oxygen atoms in total. The predicted octanol–water partition coefficient (Wildman–Crippen LogP) is 4.24. The first-order valence-corrected chi connectivity index (χ1v) is 11.7. The zero-order valence-corrected chi connectivity index (χ0v) is 20.6. The molecule has 0 aromatic carbocycles. The van der Waals surface area contributed by atoms with Crippen molar-refractivity contribution in [3.63, 3.8) is 0 Å². The standard InChI is InChI=1S/C26H37N5O3/c1-5-7-9-11-21(27)22(12-10-8-6-2)31-26(32)23-16-24(33-3)19(18-30-23)17-29-20-13-14-28-25(15-20)34-4/h7-10,13-16,18,21-22H,5-6,11-12,17,27H2,1-4H3,(H,28,29)(H,31,32)/b9-7-,10-8-/t21-,22?/m0/s1. The summed E-state index contributed by atoms with van der Waals surface area (Å²) >= 11 is 0. The molecule has 0 fully saturated rings. The number of nitrogens with zero attached hydrogens (tertiary/aromatic N) is 2. The third-order valence-corrected chi connectivity index (χ3v) is 5.26. The summed E-state index contributed by atoms with van der Waals surface area (Å²) in [6.07, 6.45) is 14.9. The number of ether oxygens (including phenoxy) is 2. The van der Waals surface area contributed by atoms with Crippen LogP contribution < -0.4 is 25.8 Å². The smallest absolute Gasteiger partial charge is 0.270 e. The minimum atomic E-state index is -0.276. The highest BCUT2D eigenvalue weighted by atomic mass is 16.5. The Hall–Kier alpha value is -3.39. The maximum Gasteiger partial charge on any atom is 0.270 e. The van der Waals surface area contributed by atoms with Crippen LogP contribution in [0, 0.1) is 0 Å². The van der Waals surface area contributed by atoms with Crippen LogP contribution in [0.4, 0.5) is 5.69 Å². The molecule has 184 valence electrons.